The molecule has 0 atom stereocenters. The van der Waals surface area contributed by atoms with Crippen LogP contribution in [0.2, 0.25) is 0 Å². The van der Waals surface area contributed by atoms with Gasteiger partial charge in [0.2, 0.25) is 0 Å². The molecule has 0 aliphatic rings. The molecule has 0 amide bonds. The minimum Gasteiger partial charge on any atom is -0.494 e. The number of hydrogen-bond acceptors (Lipinski definition) is 2. The molecular weight excluding hydrogens is 268 g/mol. The molecule has 0 spiro atoms. The standard InChI is InChI=1S/C16H26N2OS/c1-6-19-14-9-7-8-13(10-14)17-16(20)18-15(11(2)3)12(4)5/h7-12,15H,6H2,1-5H3,(H2,17,18,20). The first-order chi connectivity index (χ1) is 9.43. The monoisotopic (exact) mass is 294 g/mol. The van der Waals surface area contributed by atoms with E-state index in [4.69, 9.17) is 17.0 Å². The summed E-state index contributed by atoms with van der Waals surface area (Å²) in [4.78, 5) is 0. The zero-order chi connectivity index (χ0) is 15.1. The van der Waals surface area contributed by atoms with Crippen LogP contribution < -0.4 is 15.4 Å². The van der Waals surface area contributed by atoms with Crippen LogP contribution in [-0.4, -0.2) is 17.8 Å². The molecule has 0 unspecified atom stereocenters. The molecule has 4 heteroatoms. The first kappa shape index (κ1) is 16.8. The van der Waals surface area contributed by atoms with Crippen LogP contribution in [0.5, 0.6) is 5.75 Å². The van der Waals surface area contributed by atoms with Gasteiger partial charge < -0.3 is 15.4 Å². The van der Waals surface area contributed by atoms with Crippen molar-refractivity contribution >= 4 is 23.0 Å². The van der Waals surface area contributed by atoms with Gasteiger partial charge in [-0.25, -0.2) is 0 Å². The Balaban J connectivity index is 2.63. The van der Waals surface area contributed by atoms with Gasteiger partial charge in [-0.1, -0.05) is 33.8 Å². The molecule has 2 N–H and O–H groups in total. The largest absolute Gasteiger partial charge is 0.494 e. The molecule has 0 aliphatic carbocycles. The molecule has 1 aromatic carbocycles. The van der Waals surface area contributed by atoms with E-state index in [2.05, 4.69) is 38.3 Å². The Hall–Kier alpha value is -1.29. The minimum atomic E-state index is 0.366. The lowest BCUT2D eigenvalue weighted by atomic mass is 9.93. The quantitative estimate of drug-likeness (QED) is 0.775. The molecule has 3 nitrogen and oxygen atoms in total. The molecule has 1 rings (SSSR count). The van der Waals surface area contributed by atoms with Gasteiger partial charge in [0.1, 0.15) is 5.75 Å². The van der Waals surface area contributed by atoms with Crippen LogP contribution in [0.1, 0.15) is 34.6 Å². The van der Waals surface area contributed by atoms with Gasteiger partial charge in [-0.2, -0.15) is 0 Å². The van der Waals surface area contributed by atoms with E-state index in [0.29, 0.717) is 29.6 Å². The second-order valence-corrected chi connectivity index (χ2v) is 5.98. The third kappa shape index (κ3) is 5.37. The van der Waals surface area contributed by atoms with Gasteiger partial charge in [-0.05, 0) is 43.1 Å². The molecule has 20 heavy (non-hydrogen) atoms. The summed E-state index contributed by atoms with van der Waals surface area (Å²) in [6.45, 7) is 11.5. The molecular formula is C16H26N2OS. The predicted octanol–water partition coefficient (Wildman–Crippen LogP) is 4.05. The lowest BCUT2D eigenvalue weighted by Crippen LogP contribution is -2.44. The number of hydrogen-bond donors (Lipinski definition) is 2. The number of benzene rings is 1. The Kier molecular flexibility index (Phi) is 6.79. The van der Waals surface area contributed by atoms with Crippen molar-refractivity contribution in [3.8, 4) is 5.75 Å². The summed E-state index contributed by atoms with van der Waals surface area (Å²) in [5.74, 6) is 1.92. The number of thiocarbonyl (C=S) groups is 1. The van der Waals surface area contributed by atoms with Crippen LogP contribution in [0, 0.1) is 11.8 Å². The molecule has 112 valence electrons. The van der Waals surface area contributed by atoms with E-state index in [-0.39, 0.29) is 0 Å². The second kappa shape index (κ2) is 8.10. The molecule has 0 aliphatic heterocycles. The van der Waals surface area contributed by atoms with Crippen molar-refractivity contribution in [3.05, 3.63) is 24.3 Å². The van der Waals surface area contributed by atoms with E-state index in [0.717, 1.165) is 11.4 Å². The summed E-state index contributed by atoms with van der Waals surface area (Å²) in [6.07, 6.45) is 0. The van der Waals surface area contributed by atoms with Crippen LogP contribution in [0.4, 0.5) is 5.69 Å². The molecule has 0 saturated carbocycles. The number of anilines is 1. The zero-order valence-electron chi connectivity index (χ0n) is 13.1. The van der Waals surface area contributed by atoms with Gasteiger partial charge in [0.05, 0.1) is 6.61 Å². The summed E-state index contributed by atoms with van der Waals surface area (Å²) in [7, 11) is 0. The summed E-state index contributed by atoms with van der Waals surface area (Å²) >= 11 is 5.40. The van der Waals surface area contributed by atoms with Crippen molar-refractivity contribution < 1.29 is 4.74 Å². The van der Waals surface area contributed by atoms with Crippen LogP contribution in [0.3, 0.4) is 0 Å². The summed E-state index contributed by atoms with van der Waals surface area (Å²) < 4.78 is 5.48. The predicted molar refractivity (Wildman–Crippen MR) is 90.4 cm³/mol. The molecule has 0 fully saturated rings. The lowest BCUT2D eigenvalue weighted by molar-refractivity contribution is 0.340. The van der Waals surface area contributed by atoms with Crippen molar-refractivity contribution in [2.75, 3.05) is 11.9 Å². The number of nitrogens with one attached hydrogen (secondary N) is 2. The van der Waals surface area contributed by atoms with E-state index >= 15 is 0 Å². The fourth-order valence-electron chi connectivity index (χ4n) is 2.25. The molecule has 1 aromatic rings. The van der Waals surface area contributed by atoms with Gasteiger partial charge in [0, 0.05) is 17.8 Å². The van der Waals surface area contributed by atoms with Crippen LogP contribution in [0.25, 0.3) is 0 Å². The summed E-state index contributed by atoms with van der Waals surface area (Å²) in [6, 6.07) is 8.20. The Morgan fingerprint density at radius 3 is 2.40 bits per heavy atom. The Labute approximate surface area is 128 Å². The first-order valence-electron chi connectivity index (χ1n) is 7.24. The third-order valence-corrected chi connectivity index (χ3v) is 3.36. The maximum Gasteiger partial charge on any atom is 0.171 e. The number of rotatable bonds is 6. The maximum atomic E-state index is 5.48. The highest BCUT2D eigenvalue weighted by atomic mass is 32.1. The number of ether oxygens (including phenoxy) is 1. The maximum absolute atomic E-state index is 5.48. The second-order valence-electron chi connectivity index (χ2n) is 5.57. The van der Waals surface area contributed by atoms with Gasteiger partial charge >= 0.3 is 0 Å². The highest BCUT2D eigenvalue weighted by Gasteiger charge is 2.18. The fraction of sp³-hybridized carbons (Fsp3) is 0.562. The van der Waals surface area contributed by atoms with Gasteiger partial charge in [0.25, 0.3) is 0 Å². The molecule has 0 bridgehead atoms. The van der Waals surface area contributed by atoms with Crippen molar-refractivity contribution in [1.82, 2.24) is 5.32 Å². The van der Waals surface area contributed by atoms with Crippen molar-refractivity contribution in [1.29, 1.82) is 0 Å². The highest BCUT2D eigenvalue weighted by Crippen LogP contribution is 2.18. The average molecular weight is 294 g/mol. The minimum absolute atomic E-state index is 0.366. The van der Waals surface area contributed by atoms with Gasteiger partial charge in [0.15, 0.2) is 5.11 Å². The average Bonchev–Trinajstić information content (AvgIpc) is 2.36. The highest BCUT2D eigenvalue weighted by molar-refractivity contribution is 7.80. The third-order valence-electron chi connectivity index (χ3n) is 3.14. The Morgan fingerprint density at radius 1 is 1.20 bits per heavy atom. The van der Waals surface area contributed by atoms with Crippen molar-refractivity contribution in [2.45, 2.75) is 40.7 Å². The lowest BCUT2D eigenvalue weighted by Gasteiger charge is -2.27. The van der Waals surface area contributed by atoms with E-state index in [1.165, 1.54) is 0 Å². The van der Waals surface area contributed by atoms with Crippen LogP contribution in [0.15, 0.2) is 24.3 Å². The Bertz CT molecular complexity index is 424. The van der Waals surface area contributed by atoms with Gasteiger partial charge in [-0.15, -0.1) is 0 Å². The zero-order valence-corrected chi connectivity index (χ0v) is 13.9. The van der Waals surface area contributed by atoms with E-state index < -0.39 is 0 Å². The normalized spacial score (nSPS) is 11.0. The van der Waals surface area contributed by atoms with E-state index in [1.54, 1.807) is 0 Å². The molecule has 0 heterocycles. The smallest absolute Gasteiger partial charge is 0.171 e. The van der Waals surface area contributed by atoms with Crippen LogP contribution in [-0.2, 0) is 0 Å². The Morgan fingerprint density at radius 2 is 1.85 bits per heavy atom. The summed E-state index contributed by atoms with van der Waals surface area (Å²) in [5.41, 5.74) is 0.944. The van der Waals surface area contributed by atoms with Gasteiger partial charge in [-0.3, -0.25) is 0 Å². The fourth-order valence-corrected chi connectivity index (χ4v) is 2.51. The molecule has 0 saturated heterocycles. The van der Waals surface area contributed by atoms with E-state index in [1.807, 2.05) is 31.2 Å². The molecule has 0 aromatic heterocycles. The molecule has 0 radical (unpaired) electrons. The topological polar surface area (TPSA) is 33.3 Å². The van der Waals surface area contributed by atoms with Crippen LogP contribution >= 0.6 is 12.2 Å². The van der Waals surface area contributed by atoms with E-state index in [9.17, 15) is 0 Å². The van der Waals surface area contributed by atoms with Crippen molar-refractivity contribution in [3.63, 3.8) is 0 Å². The SMILES string of the molecule is CCOc1cccc(NC(=S)NC(C(C)C)C(C)C)c1. The summed E-state index contributed by atoms with van der Waals surface area (Å²) in [5, 5.41) is 7.27. The first-order valence-corrected chi connectivity index (χ1v) is 7.65. The van der Waals surface area contributed by atoms with Crippen molar-refractivity contribution in [2.24, 2.45) is 11.8 Å².